The highest BCUT2D eigenvalue weighted by atomic mass is 16.6. The molecule has 16 heteroatoms. The van der Waals surface area contributed by atoms with Crippen molar-refractivity contribution in [2.45, 2.75) is 0 Å². The molecule has 0 amide bonds. The second-order valence-corrected chi connectivity index (χ2v) is 15.3. The van der Waals surface area contributed by atoms with E-state index < -0.39 is 0 Å². The molecule has 0 unspecified atom stereocenters. The third-order valence-electron chi connectivity index (χ3n) is 10.4. The van der Waals surface area contributed by atoms with E-state index in [2.05, 4.69) is 19.9 Å². The fourth-order valence-electron chi connectivity index (χ4n) is 6.99. The van der Waals surface area contributed by atoms with Gasteiger partial charge in [-0.3, -0.25) is 19.9 Å². The number of aromatic nitrogens is 6. The Morgan fingerprint density at radius 3 is 0.829 bits per heavy atom. The van der Waals surface area contributed by atoms with E-state index in [0.717, 1.165) is 22.3 Å². The normalized spacial score (nSPS) is 11.2. The molecule has 7 aromatic rings. The average Bonchev–Trinajstić information content (AvgIpc) is 3.42. The van der Waals surface area contributed by atoms with E-state index in [9.17, 15) is 0 Å². The van der Waals surface area contributed by atoms with Crippen molar-refractivity contribution in [3.05, 3.63) is 134 Å². The van der Waals surface area contributed by atoms with Crippen LogP contribution in [0, 0.1) is 0 Å². The highest BCUT2D eigenvalue weighted by molar-refractivity contribution is 5.86. The molecule has 16 nitrogen and oxygen atoms in total. The molecule has 0 aliphatic rings. The first-order valence-corrected chi connectivity index (χ1v) is 23.3. The second kappa shape index (κ2) is 29.4. The molecule has 0 aliphatic heterocycles. The summed E-state index contributed by atoms with van der Waals surface area (Å²) in [5.41, 5.74) is 8.57. The monoisotopic (exact) mass is 952 g/mol. The van der Waals surface area contributed by atoms with Crippen molar-refractivity contribution in [3.63, 3.8) is 0 Å². The van der Waals surface area contributed by atoms with Crippen LogP contribution in [-0.4, -0.2) is 150 Å². The number of pyridine rings is 6. The molecule has 0 bridgehead atoms. The molecule has 0 saturated heterocycles. The first kappa shape index (κ1) is 51.3. The first-order chi connectivity index (χ1) is 34.7. The molecule has 0 aliphatic carbocycles. The van der Waals surface area contributed by atoms with Crippen molar-refractivity contribution in [2.24, 2.45) is 0 Å². The maximum Gasteiger partial charge on any atom is 0.128 e. The van der Waals surface area contributed by atoms with Crippen LogP contribution in [0.4, 0.5) is 0 Å². The third kappa shape index (κ3) is 16.3. The van der Waals surface area contributed by atoms with E-state index in [-0.39, 0.29) is 13.2 Å². The van der Waals surface area contributed by atoms with Crippen LogP contribution in [0.25, 0.3) is 67.8 Å². The molecule has 7 rings (SSSR count). The Morgan fingerprint density at radius 1 is 0.300 bits per heavy atom. The van der Waals surface area contributed by atoms with Crippen LogP contribution in [0.3, 0.4) is 0 Å². The Balaban J connectivity index is 1.24. The minimum absolute atomic E-state index is 0.238. The Morgan fingerprint density at radius 2 is 0.571 bits per heavy atom. The summed E-state index contributed by atoms with van der Waals surface area (Å²) in [6, 6.07) is 35.0. The second-order valence-electron chi connectivity index (χ2n) is 15.3. The van der Waals surface area contributed by atoms with Gasteiger partial charge in [-0.15, -0.1) is 0 Å². The van der Waals surface area contributed by atoms with Crippen LogP contribution in [0.15, 0.2) is 134 Å². The smallest absolute Gasteiger partial charge is 0.128 e. The van der Waals surface area contributed by atoms with Gasteiger partial charge in [-0.05, 0) is 96.1 Å². The summed E-state index contributed by atoms with van der Waals surface area (Å²) in [4.78, 5) is 28.7. The Bertz CT molecular complexity index is 2270. The summed E-state index contributed by atoms with van der Waals surface area (Å²) in [5.74, 6) is 1.16. The van der Waals surface area contributed by atoms with Gasteiger partial charge in [-0.25, -0.2) is 9.97 Å². The molecule has 0 N–H and O–H groups in total. The average molecular weight is 953 g/mol. The van der Waals surface area contributed by atoms with E-state index in [1.165, 1.54) is 0 Å². The van der Waals surface area contributed by atoms with Gasteiger partial charge in [0.1, 0.15) is 24.7 Å². The van der Waals surface area contributed by atoms with Gasteiger partial charge in [-0.2, -0.15) is 0 Å². The standard InChI is InChI=1S/C54H60N6O10/c1-61-19-21-63-23-25-65-27-29-67-31-33-69-53-39-44(42-37-51(47-13-5-9-17-57-47)60-52(38-42)48-14-6-10-18-58-48)54(70-34-32-68-30-28-66-26-24-64-22-20-62-2)40-43(53)41-35-49(45-11-3-7-15-55-45)59-50(36-41)46-12-4-8-16-56-46/h3-18,35-40H,19-34H2,1-2H3. The number of methoxy groups -OCH3 is 2. The minimum Gasteiger partial charge on any atom is -0.491 e. The van der Waals surface area contributed by atoms with Crippen LogP contribution in [0.2, 0.25) is 0 Å². The predicted molar refractivity (Wildman–Crippen MR) is 265 cm³/mol. The molecule has 6 heterocycles. The van der Waals surface area contributed by atoms with Crippen molar-refractivity contribution >= 4 is 0 Å². The van der Waals surface area contributed by atoms with Gasteiger partial charge in [0.05, 0.1) is 138 Å². The number of hydrogen-bond acceptors (Lipinski definition) is 16. The summed E-state index contributed by atoms with van der Waals surface area (Å²) in [6.45, 7) is 6.71. The largest absolute Gasteiger partial charge is 0.491 e. The lowest BCUT2D eigenvalue weighted by Crippen LogP contribution is -2.14. The van der Waals surface area contributed by atoms with Crippen LogP contribution >= 0.6 is 0 Å². The number of nitrogens with zero attached hydrogens (tertiary/aromatic N) is 6. The predicted octanol–water partition coefficient (Wildman–Crippen LogP) is 8.21. The van der Waals surface area contributed by atoms with Crippen molar-refractivity contribution in [2.75, 3.05) is 120 Å². The van der Waals surface area contributed by atoms with Crippen molar-refractivity contribution in [1.29, 1.82) is 0 Å². The molecular weight excluding hydrogens is 893 g/mol. The fourth-order valence-corrected chi connectivity index (χ4v) is 6.99. The van der Waals surface area contributed by atoms with Gasteiger partial charge in [0.2, 0.25) is 0 Å². The summed E-state index contributed by atoms with van der Waals surface area (Å²) < 4.78 is 57.8. The highest BCUT2D eigenvalue weighted by Crippen LogP contribution is 2.44. The number of benzene rings is 1. The summed E-state index contributed by atoms with van der Waals surface area (Å²) in [7, 11) is 3.29. The zero-order valence-corrected chi connectivity index (χ0v) is 39.8. The lowest BCUT2D eigenvalue weighted by Gasteiger charge is -2.20. The molecule has 366 valence electrons. The number of hydrogen-bond donors (Lipinski definition) is 0. The van der Waals surface area contributed by atoms with Gasteiger partial charge in [0, 0.05) is 50.1 Å². The van der Waals surface area contributed by atoms with Crippen LogP contribution < -0.4 is 9.47 Å². The third-order valence-corrected chi connectivity index (χ3v) is 10.4. The van der Waals surface area contributed by atoms with Gasteiger partial charge in [0.15, 0.2) is 0 Å². The molecule has 1 aromatic carbocycles. The Labute approximate surface area is 409 Å². The van der Waals surface area contributed by atoms with Crippen molar-refractivity contribution in [3.8, 4) is 79.3 Å². The first-order valence-electron chi connectivity index (χ1n) is 23.3. The van der Waals surface area contributed by atoms with Crippen LogP contribution in [0.1, 0.15) is 0 Å². The highest BCUT2D eigenvalue weighted by Gasteiger charge is 2.21. The van der Waals surface area contributed by atoms with Gasteiger partial charge in [0.25, 0.3) is 0 Å². The SMILES string of the molecule is COCCOCCOCCOCCOc1cc(-c2cc(-c3ccccn3)nc(-c3ccccn3)c2)c(OCCOCCOCCOCCOC)cc1-c1cc(-c2ccccn2)nc(-c2ccccn2)c1. The molecule has 0 fully saturated rings. The van der Waals surface area contributed by atoms with Gasteiger partial charge >= 0.3 is 0 Å². The van der Waals surface area contributed by atoms with E-state index in [1.54, 1.807) is 39.0 Å². The van der Waals surface area contributed by atoms with E-state index >= 15 is 0 Å². The zero-order valence-electron chi connectivity index (χ0n) is 39.8. The molecule has 0 radical (unpaired) electrons. The summed E-state index contributed by atoms with van der Waals surface area (Å²) in [5, 5.41) is 0. The lowest BCUT2D eigenvalue weighted by atomic mass is 9.95. The van der Waals surface area contributed by atoms with E-state index in [4.69, 9.17) is 57.3 Å². The molecule has 0 atom stereocenters. The topological polar surface area (TPSA) is 170 Å². The molecular formula is C54H60N6O10. The number of rotatable bonds is 32. The lowest BCUT2D eigenvalue weighted by molar-refractivity contribution is 0.0000711. The van der Waals surface area contributed by atoms with Gasteiger partial charge in [-0.1, -0.05) is 24.3 Å². The van der Waals surface area contributed by atoms with E-state index in [1.807, 2.05) is 109 Å². The van der Waals surface area contributed by atoms with Crippen LogP contribution in [0.5, 0.6) is 11.5 Å². The molecule has 6 aromatic heterocycles. The zero-order chi connectivity index (χ0) is 48.3. The summed E-state index contributed by atoms with van der Waals surface area (Å²) >= 11 is 0. The molecule has 0 saturated carbocycles. The molecule has 0 spiro atoms. The van der Waals surface area contributed by atoms with Crippen molar-refractivity contribution in [1.82, 2.24) is 29.9 Å². The van der Waals surface area contributed by atoms with Crippen molar-refractivity contribution < 1.29 is 47.4 Å². The fraction of sp³-hybridized carbons (Fsp3) is 0.333. The van der Waals surface area contributed by atoms with E-state index in [0.29, 0.717) is 150 Å². The maximum absolute atomic E-state index is 6.73. The minimum atomic E-state index is 0.238. The molecule has 70 heavy (non-hydrogen) atoms. The van der Waals surface area contributed by atoms with Crippen LogP contribution in [-0.2, 0) is 37.9 Å². The Hall–Kier alpha value is -6.60. The number of ether oxygens (including phenoxy) is 10. The quantitative estimate of drug-likeness (QED) is 0.0370. The maximum atomic E-state index is 6.73. The summed E-state index contributed by atoms with van der Waals surface area (Å²) in [6.07, 6.45) is 7.01. The Kier molecular flexibility index (Phi) is 21.6. The van der Waals surface area contributed by atoms with Gasteiger partial charge < -0.3 is 47.4 Å².